The smallest absolute Gasteiger partial charge is 0.141 e. The molecule has 0 saturated carbocycles. The Bertz CT molecular complexity index is 1270. The molecule has 1 aliphatic carbocycles. The highest BCUT2D eigenvalue weighted by atomic mass is 32.1. The van der Waals surface area contributed by atoms with Crippen LogP contribution in [0.2, 0.25) is 0 Å². The van der Waals surface area contributed by atoms with Crippen LogP contribution in [0.25, 0.3) is 31.6 Å². The van der Waals surface area contributed by atoms with Gasteiger partial charge in [0.15, 0.2) is 0 Å². The second kappa shape index (κ2) is 7.76. The summed E-state index contributed by atoms with van der Waals surface area (Å²) in [5.41, 5.74) is 8.29. The molecule has 1 atom stereocenters. The van der Waals surface area contributed by atoms with Gasteiger partial charge in [-0.05, 0) is 62.8 Å². The third kappa shape index (κ3) is 3.14. The number of aryl methyl sites for hydroxylation is 3. The second-order valence-corrected chi connectivity index (χ2v) is 9.71. The zero-order valence-electron chi connectivity index (χ0n) is 17.2. The Morgan fingerprint density at radius 2 is 2.13 bits per heavy atom. The predicted molar refractivity (Wildman–Crippen MR) is 126 cm³/mol. The van der Waals surface area contributed by atoms with Gasteiger partial charge in [0.25, 0.3) is 0 Å². The van der Waals surface area contributed by atoms with Crippen molar-refractivity contribution < 1.29 is 9.84 Å². The number of nitrogens with zero attached hydrogens (tertiary/aromatic N) is 2. The number of aromatic nitrogens is 2. The van der Waals surface area contributed by atoms with Crippen molar-refractivity contribution in [2.75, 3.05) is 6.61 Å². The van der Waals surface area contributed by atoms with E-state index in [1.807, 2.05) is 30.7 Å². The van der Waals surface area contributed by atoms with Crippen molar-refractivity contribution in [3.8, 4) is 11.1 Å². The van der Waals surface area contributed by atoms with E-state index in [1.54, 1.807) is 11.3 Å². The van der Waals surface area contributed by atoms with Gasteiger partial charge in [0.2, 0.25) is 0 Å². The normalized spacial score (nSPS) is 14.9. The monoisotopic (exact) mass is 436 g/mol. The Balaban J connectivity index is 1.89. The van der Waals surface area contributed by atoms with Crippen LogP contribution in [0, 0.1) is 6.92 Å². The average Bonchev–Trinajstić information content (AvgIpc) is 3.34. The molecule has 3 aromatic heterocycles. The van der Waals surface area contributed by atoms with Crippen LogP contribution in [0.4, 0.5) is 0 Å². The Hall–Kier alpha value is -2.28. The molecule has 0 radical (unpaired) electrons. The number of ether oxygens (including phenoxy) is 1. The Labute approximate surface area is 183 Å². The number of thiazole rings is 1. The van der Waals surface area contributed by atoms with E-state index in [0.29, 0.717) is 6.61 Å². The van der Waals surface area contributed by atoms with E-state index in [1.165, 1.54) is 33.4 Å². The number of aliphatic hydroxyl groups excluding tert-OH is 1. The molecule has 1 aliphatic rings. The van der Waals surface area contributed by atoms with Crippen LogP contribution in [-0.4, -0.2) is 21.7 Å². The van der Waals surface area contributed by atoms with Crippen molar-refractivity contribution in [1.82, 2.24) is 9.97 Å². The van der Waals surface area contributed by atoms with E-state index in [4.69, 9.17) is 9.72 Å². The molecular formula is C24H24N2O2S2. The van der Waals surface area contributed by atoms with Crippen LogP contribution in [0.1, 0.15) is 47.6 Å². The van der Waals surface area contributed by atoms with Crippen molar-refractivity contribution in [1.29, 1.82) is 0 Å². The first-order valence-corrected chi connectivity index (χ1v) is 12.1. The van der Waals surface area contributed by atoms with Crippen molar-refractivity contribution >= 4 is 43.1 Å². The molecule has 0 amide bonds. The number of fused-ring (bicyclic) bond motifs is 4. The summed E-state index contributed by atoms with van der Waals surface area (Å²) in [5, 5.41) is 11.7. The fraction of sp³-hybridized carbons (Fsp3) is 0.333. The minimum absolute atomic E-state index is 0.0150. The second-order valence-electron chi connectivity index (χ2n) is 7.74. The standard InChI is InChI=1S/C24H24N2O2S2/c1-4-28-23(14(3)27)20-13(2)26-24-22(16-7-5-6-8-18(16)30-24)21(20)15-9-10-19-17(11-15)25-12-29-19/h9-12,23,27H,3-8H2,1-2H3. The number of thiophene rings is 1. The molecule has 0 fully saturated rings. The molecule has 0 saturated heterocycles. The number of hydrogen-bond acceptors (Lipinski definition) is 6. The lowest BCUT2D eigenvalue weighted by molar-refractivity contribution is 0.0580. The minimum Gasteiger partial charge on any atom is -0.510 e. The van der Waals surface area contributed by atoms with Gasteiger partial charge < -0.3 is 9.84 Å². The number of pyridine rings is 1. The van der Waals surface area contributed by atoms with Crippen molar-refractivity contribution in [2.24, 2.45) is 0 Å². The summed E-state index contributed by atoms with van der Waals surface area (Å²) in [4.78, 5) is 12.0. The summed E-state index contributed by atoms with van der Waals surface area (Å²) in [7, 11) is 0. The molecule has 1 aromatic carbocycles. The van der Waals surface area contributed by atoms with Gasteiger partial charge in [0.1, 0.15) is 16.7 Å². The van der Waals surface area contributed by atoms with E-state index < -0.39 is 6.10 Å². The lowest BCUT2D eigenvalue weighted by Crippen LogP contribution is -2.12. The molecule has 3 heterocycles. The Kier molecular flexibility index (Phi) is 5.09. The summed E-state index contributed by atoms with van der Waals surface area (Å²) in [6, 6.07) is 6.45. The largest absolute Gasteiger partial charge is 0.510 e. The molecule has 0 spiro atoms. The highest BCUT2D eigenvalue weighted by Crippen LogP contribution is 2.46. The quantitative estimate of drug-likeness (QED) is 0.345. The minimum atomic E-state index is -0.604. The number of aliphatic hydroxyl groups is 1. The van der Waals surface area contributed by atoms with E-state index in [-0.39, 0.29) is 5.76 Å². The molecule has 6 heteroatoms. The summed E-state index contributed by atoms with van der Waals surface area (Å²) in [6.45, 7) is 8.24. The molecule has 4 aromatic rings. The Morgan fingerprint density at radius 3 is 2.93 bits per heavy atom. The molecule has 4 nitrogen and oxygen atoms in total. The maximum atomic E-state index is 10.4. The van der Waals surface area contributed by atoms with Gasteiger partial charge in [-0.1, -0.05) is 12.6 Å². The lowest BCUT2D eigenvalue weighted by Gasteiger charge is -2.23. The average molecular weight is 437 g/mol. The van der Waals surface area contributed by atoms with Gasteiger partial charge in [-0.2, -0.15) is 0 Å². The molecule has 5 rings (SSSR count). The summed E-state index contributed by atoms with van der Waals surface area (Å²) in [6.07, 6.45) is 4.03. The van der Waals surface area contributed by atoms with Crippen molar-refractivity contribution in [3.63, 3.8) is 0 Å². The fourth-order valence-electron chi connectivity index (χ4n) is 4.56. The molecule has 1 N–H and O–H groups in total. The van der Waals surface area contributed by atoms with Crippen LogP contribution in [-0.2, 0) is 17.6 Å². The molecule has 0 aliphatic heterocycles. The number of rotatable bonds is 5. The Morgan fingerprint density at radius 1 is 1.30 bits per heavy atom. The van der Waals surface area contributed by atoms with Crippen molar-refractivity contribution in [2.45, 2.75) is 45.6 Å². The highest BCUT2D eigenvalue weighted by molar-refractivity contribution is 7.19. The van der Waals surface area contributed by atoms with E-state index in [2.05, 4.69) is 29.8 Å². The number of hydrogen-bond donors (Lipinski definition) is 1. The molecule has 1 unspecified atom stereocenters. The fourth-order valence-corrected chi connectivity index (χ4v) is 6.54. The maximum absolute atomic E-state index is 10.4. The highest BCUT2D eigenvalue weighted by Gasteiger charge is 2.29. The van der Waals surface area contributed by atoms with Crippen LogP contribution in [0.5, 0.6) is 0 Å². The van der Waals surface area contributed by atoms with Gasteiger partial charge >= 0.3 is 0 Å². The lowest BCUT2D eigenvalue weighted by atomic mass is 9.87. The zero-order valence-corrected chi connectivity index (χ0v) is 18.8. The topological polar surface area (TPSA) is 55.2 Å². The third-order valence-electron chi connectivity index (χ3n) is 5.85. The first-order valence-electron chi connectivity index (χ1n) is 10.4. The number of benzene rings is 1. The van der Waals surface area contributed by atoms with E-state index in [0.717, 1.165) is 45.6 Å². The maximum Gasteiger partial charge on any atom is 0.141 e. The van der Waals surface area contributed by atoms with Crippen LogP contribution in [0.3, 0.4) is 0 Å². The predicted octanol–water partition coefficient (Wildman–Crippen LogP) is 6.91. The first kappa shape index (κ1) is 19.7. The third-order valence-corrected chi connectivity index (χ3v) is 7.84. The molecule has 0 bridgehead atoms. The summed E-state index contributed by atoms with van der Waals surface area (Å²) >= 11 is 3.47. The van der Waals surface area contributed by atoms with Gasteiger partial charge in [0, 0.05) is 33.7 Å². The van der Waals surface area contributed by atoms with Gasteiger partial charge in [0.05, 0.1) is 15.7 Å². The van der Waals surface area contributed by atoms with Gasteiger partial charge in [-0.25, -0.2) is 9.97 Å². The summed E-state index contributed by atoms with van der Waals surface area (Å²) < 4.78 is 7.14. The zero-order chi connectivity index (χ0) is 20.8. The molecule has 30 heavy (non-hydrogen) atoms. The molecule has 154 valence electrons. The summed E-state index contributed by atoms with van der Waals surface area (Å²) in [5.74, 6) is 0.0150. The van der Waals surface area contributed by atoms with E-state index in [9.17, 15) is 5.11 Å². The van der Waals surface area contributed by atoms with E-state index >= 15 is 0 Å². The SMILES string of the molecule is C=C(O)C(OCC)c1c(C)nc2sc3c(c2c1-c1ccc2scnc2c1)CCCC3. The van der Waals surface area contributed by atoms with Crippen LogP contribution < -0.4 is 0 Å². The van der Waals surface area contributed by atoms with Crippen LogP contribution in [0.15, 0.2) is 36.0 Å². The van der Waals surface area contributed by atoms with Crippen molar-refractivity contribution in [3.05, 3.63) is 57.7 Å². The van der Waals surface area contributed by atoms with Crippen LogP contribution >= 0.6 is 22.7 Å². The molecular weight excluding hydrogens is 412 g/mol. The van der Waals surface area contributed by atoms with Gasteiger partial charge in [-0.15, -0.1) is 22.7 Å². The first-order chi connectivity index (χ1) is 14.6. The van der Waals surface area contributed by atoms with Gasteiger partial charge in [-0.3, -0.25) is 0 Å².